The summed E-state index contributed by atoms with van der Waals surface area (Å²) in [6.07, 6.45) is 2.52. The minimum Gasteiger partial charge on any atom is -0.354 e. The lowest BCUT2D eigenvalue weighted by molar-refractivity contribution is -0.139. The Kier molecular flexibility index (Phi) is 10.2. The number of nitrogens with one attached hydrogen (secondary N) is 1. The van der Waals surface area contributed by atoms with Gasteiger partial charge < -0.3 is 10.2 Å². The van der Waals surface area contributed by atoms with Crippen molar-refractivity contribution in [3.8, 4) is 0 Å². The van der Waals surface area contributed by atoms with Gasteiger partial charge in [-0.2, -0.15) is 0 Å². The zero-order chi connectivity index (χ0) is 21.9. The summed E-state index contributed by atoms with van der Waals surface area (Å²) in [5.41, 5.74) is 2.17. The van der Waals surface area contributed by atoms with E-state index in [1.165, 1.54) is 11.8 Å². The summed E-state index contributed by atoms with van der Waals surface area (Å²) < 4.78 is 0. The van der Waals surface area contributed by atoms with Crippen LogP contribution in [-0.4, -0.2) is 35.1 Å². The van der Waals surface area contributed by atoms with Crippen molar-refractivity contribution in [3.63, 3.8) is 0 Å². The highest BCUT2D eigenvalue weighted by Gasteiger charge is 2.28. The number of carbonyl (C=O) groups is 2. The van der Waals surface area contributed by atoms with Crippen molar-refractivity contribution in [2.45, 2.75) is 57.5 Å². The highest BCUT2D eigenvalue weighted by molar-refractivity contribution is 8.00. The van der Waals surface area contributed by atoms with Crippen LogP contribution in [0.3, 0.4) is 0 Å². The standard InChI is InChI=1S/C24H31ClN2O2S/c1-4-6-15-26-24(29)22(5-2)27(16-19-10-8-7-9-18(19)3)23(28)17-30-21-13-11-20(25)12-14-21/h7-14,22H,4-6,15-17H2,1-3H3,(H,26,29)/t22-/m0/s1. The van der Waals surface area contributed by atoms with Gasteiger partial charge in [-0.3, -0.25) is 9.59 Å². The summed E-state index contributed by atoms with van der Waals surface area (Å²) in [6.45, 7) is 7.13. The molecule has 30 heavy (non-hydrogen) atoms. The topological polar surface area (TPSA) is 49.4 Å². The van der Waals surface area contributed by atoms with E-state index < -0.39 is 6.04 Å². The second-order valence-corrected chi connectivity index (χ2v) is 8.74. The molecule has 2 aromatic rings. The number of halogens is 1. The van der Waals surface area contributed by atoms with E-state index in [0.29, 0.717) is 24.5 Å². The lowest BCUT2D eigenvalue weighted by Crippen LogP contribution is -2.49. The summed E-state index contributed by atoms with van der Waals surface area (Å²) in [7, 11) is 0. The van der Waals surface area contributed by atoms with Crippen LogP contribution in [0.25, 0.3) is 0 Å². The Labute approximate surface area is 189 Å². The average molecular weight is 447 g/mol. The molecule has 6 heteroatoms. The maximum atomic E-state index is 13.2. The zero-order valence-corrected chi connectivity index (χ0v) is 19.6. The van der Waals surface area contributed by atoms with Crippen molar-refractivity contribution >= 4 is 35.2 Å². The van der Waals surface area contributed by atoms with E-state index in [2.05, 4.69) is 12.2 Å². The van der Waals surface area contributed by atoms with Gasteiger partial charge in [0.1, 0.15) is 6.04 Å². The third-order valence-corrected chi connectivity index (χ3v) is 6.24. The number of hydrogen-bond acceptors (Lipinski definition) is 3. The quantitative estimate of drug-likeness (QED) is 0.368. The van der Waals surface area contributed by atoms with Crippen molar-refractivity contribution in [3.05, 3.63) is 64.7 Å². The van der Waals surface area contributed by atoms with Crippen molar-refractivity contribution in [2.75, 3.05) is 12.3 Å². The summed E-state index contributed by atoms with van der Waals surface area (Å²) in [4.78, 5) is 28.8. The Morgan fingerprint density at radius 3 is 2.43 bits per heavy atom. The Bertz CT molecular complexity index is 826. The summed E-state index contributed by atoms with van der Waals surface area (Å²) in [6, 6.07) is 14.9. The molecule has 0 fully saturated rings. The minimum atomic E-state index is -0.486. The molecular formula is C24H31ClN2O2S. The van der Waals surface area contributed by atoms with Gasteiger partial charge in [-0.05, 0) is 55.2 Å². The molecule has 162 valence electrons. The van der Waals surface area contributed by atoms with Crippen LogP contribution in [0.5, 0.6) is 0 Å². The van der Waals surface area contributed by atoms with Gasteiger partial charge >= 0.3 is 0 Å². The molecule has 0 unspecified atom stereocenters. The van der Waals surface area contributed by atoms with Crippen LogP contribution in [0.1, 0.15) is 44.2 Å². The third kappa shape index (κ3) is 7.37. The summed E-state index contributed by atoms with van der Waals surface area (Å²) >= 11 is 7.41. The van der Waals surface area contributed by atoms with Gasteiger partial charge in [-0.1, -0.05) is 56.1 Å². The second-order valence-electron chi connectivity index (χ2n) is 7.26. The van der Waals surface area contributed by atoms with Gasteiger partial charge in [-0.25, -0.2) is 0 Å². The molecule has 0 heterocycles. The van der Waals surface area contributed by atoms with Gasteiger partial charge in [0.2, 0.25) is 11.8 Å². The maximum absolute atomic E-state index is 13.2. The highest BCUT2D eigenvalue weighted by atomic mass is 35.5. The predicted octanol–water partition coefficient (Wildman–Crippen LogP) is 5.46. The molecule has 1 atom stereocenters. The molecule has 0 saturated carbocycles. The number of benzene rings is 2. The first-order valence-corrected chi connectivity index (χ1v) is 11.8. The van der Waals surface area contributed by atoms with Crippen LogP contribution in [0.15, 0.2) is 53.4 Å². The normalized spacial score (nSPS) is 11.7. The minimum absolute atomic E-state index is 0.0457. The highest BCUT2D eigenvalue weighted by Crippen LogP contribution is 2.22. The van der Waals surface area contributed by atoms with Crippen LogP contribution in [-0.2, 0) is 16.1 Å². The number of carbonyl (C=O) groups excluding carboxylic acids is 2. The first-order valence-electron chi connectivity index (χ1n) is 10.5. The van der Waals surface area contributed by atoms with Gasteiger partial charge in [0, 0.05) is 23.0 Å². The first kappa shape index (κ1) is 24.3. The van der Waals surface area contributed by atoms with Crippen LogP contribution in [0.2, 0.25) is 5.02 Å². The molecule has 2 rings (SSSR count). The number of amides is 2. The monoisotopic (exact) mass is 446 g/mol. The molecule has 0 saturated heterocycles. The van der Waals surface area contributed by atoms with Crippen LogP contribution in [0.4, 0.5) is 0 Å². The molecule has 0 bridgehead atoms. The molecule has 0 aliphatic rings. The zero-order valence-electron chi connectivity index (χ0n) is 18.0. The van der Waals surface area contributed by atoms with E-state index >= 15 is 0 Å². The molecule has 2 amide bonds. The van der Waals surface area contributed by atoms with Crippen LogP contribution >= 0.6 is 23.4 Å². The largest absolute Gasteiger partial charge is 0.354 e. The Balaban J connectivity index is 2.17. The number of hydrogen-bond donors (Lipinski definition) is 1. The van der Waals surface area contributed by atoms with Crippen LogP contribution < -0.4 is 5.32 Å². The lowest BCUT2D eigenvalue weighted by atomic mass is 10.1. The van der Waals surface area contributed by atoms with E-state index in [4.69, 9.17) is 11.6 Å². The maximum Gasteiger partial charge on any atom is 0.242 e. The predicted molar refractivity (Wildman–Crippen MR) is 126 cm³/mol. The average Bonchev–Trinajstić information content (AvgIpc) is 2.74. The number of thioether (sulfide) groups is 1. The van der Waals surface area contributed by atoms with Crippen LogP contribution in [0, 0.1) is 6.92 Å². The fourth-order valence-electron chi connectivity index (χ4n) is 3.16. The molecule has 4 nitrogen and oxygen atoms in total. The summed E-state index contributed by atoms with van der Waals surface area (Å²) in [5.74, 6) is 0.145. The summed E-state index contributed by atoms with van der Waals surface area (Å²) in [5, 5.41) is 3.66. The van der Waals surface area contributed by atoms with E-state index in [9.17, 15) is 9.59 Å². The number of rotatable bonds is 11. The number of nitrogens with zero attached hydrogens (tertiary/aromatic N) is 1. The second kappa shape index (κ2) is 12.7. The van der Waals surface area contributed by atoms with Gasteiger partial charge in [0.25, 0.3) is 0 Å². The fraction of sp³-hybridized carbons (Fsp3) is 0.417. The smallest absolute Gasteiger partial charge is 0.242 e. The van der Waals surface area contributed by atoms with Gasteiger partial charge in [0.05, 0.1) is 5.75 Å². The van der Waals surface area contributed by atoms with E-state index in [1.54, 1.807) is 4.90 Å². The van der Waals surface area contributed by atoms with E-state index in [1.807, 2.05) is 62.4 Å². The molecule has 0 spiro atoms. The Hall–Kier alpha value is -1.98. The molecule has 0 aliphatic heterocycles. The Morgan fingerprint density at radius 1 is 1.10 bits per heavy atom. The molecule has 0 aromatic heterocycles. The first-order chi connectivity index (χ1) is 14.5. The van der Waals surface area contributed by atoms with Crippen molar-refractivity contribution in [2.24, 2.45) is 0 Å². The molecule has 2 aromatic carbocycles. The van der Waals surface area contributed by atoms with Crippen molar-refractivity contribution < 1.29 is 9.59 Å². The van der Waals surface area contributed by atoms with Gasteiger partial charge in [0.15, 0.2) is 0 Å². The number of unbranched alkanes of at least 4 members (excludes halogenated alkanes) is 1. The molecule has 0 radical (unpaired) electrons. The molecule has 1 N–H and O–H groups in total. The molecule has 0 aliphatic carbocycles. The van der Waals surface area contributed by atoms with Crippen molar-refractivity contribution in [1.29, 1.82) is 0 Å². The van der Waals surface area contributed by atoms with Crippen molar-refractivity contribution in [1.82, 2.24) is 10.2 Å². The number of aryl methyl sites for hydroxylation is 1. The SMILES string of the molecule is CCCCNC(=O)[C@H](CC)N(Cc1ccccc1C)C(=O)CSc1ccc(Cl)cc1. The fourth-order valence-corrected chi connectivity index (χ4v) is 4.07. The van der Waals surface area contributed by atoms with E-state index in [0.717, 1.165) is 28.9 Å². The van der Waals surface area contributed by atoms with Gasteiger partial charge in [-0.15, -0.1) is 11.8 Å². The van der Waals surface area contributed by atoms with E-state index in [-0.39, 0.29) is 17.6 Å². The molecular weight excluding hydrogens is 416 g/mol. The third-order valence-electron chi connectivity index (χ3n) is 4.99. The lowest BCUT2D eigenvalue weighted by Gasteiger charge is -2.31. The Morgan fingerprint density at radius 2 is 1.80 bits per heavy atom.